The monoisotopic (exact) mass is 258 g/mol. The fourth-order valence-corrected chi connectivity index (χ4v) is 1.89. The Kier molecular flexibility index (Phi) is 8.49. The number of nitrogens with one attached hydrogen (secondary N) is 5. The van der Waals surface area contributed by atoms with Crippen molar-refractivity contribution in [2.45, 2.75) is 12.5 Å². The average Bonchev–Trinajstić information content (AvgIpc) is 2.32. The molecule has 0 atom stereocenters. The van der Waals surface area contributed by atoms with Gasteiger partial charge in [0.05, 0.1) is 0 Å². The van der Waals surface area contributed by atoms with Gasteiger partial charge < -0.3 is 32.3 Å². The summed E-state index contributed by atoms with van der Waals surface area (Å²) in [5.41, 5.74) is 6.03. The first-order chi connectivity index (χ1) is 8.71. The molecule has 1 aliphatic heterocycles. The van der Waals surface area contributed by atoms with E-state index < -0.39 is 0 Å². The summed E-state index contributed by atoms with van der Waals surface area (Å²) >= 11 is 0. The molecule has 0 radical (unpaired) electrons. The highest BCUT2D eigenvalue weighted by Crippen LogP contribution is 1.93. The van der Waals surface area contributed by atoms with E-state index in [0.29, 0.717) is 0 Å². The van der Waals surface area contributed by atoms with E-state index in [-0.39, 0.29) is 5.54 Å². The van der Waals surface area contributed by atoms with Crippen molar-refractivity contribution < 1.29 is 0 Å². The van der Waals surface area contributed by atoms with Crippen molar-refractivity contribution in [3.8, 4) is 0 Å². The van der Waals surface area contributed by atoms with Gasteiger partial charge in [-0.05, 0) is 6.92 Å². The maximum atomic E-state index is 6.21. The van der Waals surface area contributed by atoms with E-state index in [9.17, 15) is 0 Å². The molecule has 0 aromatic carbocycles. The third kappa shape index (κ3) is 8.79. The predicted octanol–water partition coefficient (Wildman–Crippen LogP) is -2.33. The normalized spacial score (nSPS) is 25.7. The van der Waals surface area contributed by atoms with Crippen molar-refractivity contribution in [3.63, 3.8) is 0 Å². The predicted molar refractivity (Wildman–Crippen MR) is 76.9 cm³/mol. The Balaban J connectivity index is 2.20. The van der Waals surface area contributed by atoms with Crippen LogP contribution in [0.2, 0.25) is 0 Å². The third-order valence-electron chi connectivity index (χ3n) is 2.97. The van der Waals surface area contributed by atoms with Crippen LogP contribution in [0.25, 0.3) is 0 Å². The smallest absolute Gasteiger partial charge is 0.0378 e. The molecule has 0 aliphatic carbocycles. The topological polar surface area (TPSA) is 86.2 Å². The Morgan fingerprint density at radius 1 is 0.611 bits per heavy atom. The molecule has 0 amide bonds. The Morgan fingerprint density at radius 2 is 0.889 bits per heavy atom. The van der Waals surface area contributed by atoms with E-state index in [4.69, 9.17) is 5.73 Å². The van der Waals surface area contributed by atoms with E-state index in [0.717, 1.165) is 65.4 Å². The van der Waals surface area contributed by atoms with Gasteiger partial charge in [-0.2, -0.15) is 0 Å². The summed E-state index contributed by atoms with van der Waals surface area (Å²) in [6.07, 6.45) is 0. The lowest BCUT2D eigenvalue weighted by molar-refractivity contribution is 0.397. The van der Waals surface area contributed by atoms with Gasteiger partial charge in [0, 0.05) is 71.0 Å². The molecule has 1 fully saturated rings. The van der Waals surface area contributed by atoms with Crippen LogP contribution in [0.5, 0.6) is 0 Å². The first-order valence-electron chi connectivity index (χ1n) is 7.03. The van der Waals surface area contributed by atoms with Gasteiger partial charge in [-0.25, -0.2) is 0 Å². The highest BCUT2D eigenvalue weighted by atomic mass is 15.0. The van der Waals surface area contributed by atoms with Crippen molar-refractivity contribution >= 4 is 0 Å². The molecule has 0 spiro atoms. The van der Waals surface area contributed by atoms with Gasteiger partial charge in [-0.3, -0.25) is 0 Å². The first-order valence-corrected chi connectivity index (χ1v) is 7.03. The molecule has 6 heteroatoms. The second kappa shape index (κ2) is 9.66. The fraction of sp³-hybridized carbons (Fsp3) is 1.00. The summed E-state index contributed by atoms with van der Waals surface area (Å²) in [4.78, 5) is 0. The lowest BCUT2D eigenvalue weighted by Gasteiger charge is -2.26. The molecule has 0 bridgehead atoms. The van der Waals surface area contributed by atoms with Crippen LogP contribution < -0.4 is 32.3 Å². The van der Waals surface area contributed by atoms with Crippen LogP contribution in [0.4, 0.5) is 0 Å². The molecule has 1 rings (SSSR count). The second-order valence-electron chi connectivity index (χ2n) is 5.26. The minimum atomic E-state index is -0.182. The van der Waals surface area contributed by atoms with Crippen LogP contribution in [-0.2, 0) is 0 Å². The molecule has 0 aromatic rings. The molecule has 0 unspecified atom stereocenters. The molecular formula is C12H30N6. The highest BCUT2D eigenvalue weighted by molar-refractivity contribution is 4.84. The summed E-state index contributed by atoms with van der Waals surface area (Å²) in [6.45, 7) is 11.8. The molecule has 1 saturated heterocycles. The Hall–Kier alpha value is -0.240. The number of hydrogen-bond acceptors (Lipinski definition) is 6. The lowest BCUT2D eigenvalue weighted by Crippen LogP contribution is -2.54. The zero-order valence-corrected chi connectivity index (χ0v) is 11.6. The summed E-state index contributed by atoms with van der Waals surface area (Å²) in [7, 11) is 0. The van der Waals surface area contributed by atoms with Crippen molar-refractivity contribution in [2.75, 3.05) is 65.4 Å². The van der Waals surface area contributed by atoms with Crippen LogP contribution >= 0.6 is 0 Å². The Bertz CT molecular complexity index is 179. The minimum Gasteiger partial charge on any atom is -0.323 e. The Labute approximate surface area is 111 Å². The first kappa shape index (κ1) is 15.8. The quantitative estimate of drug-likeness (QED) is 0.292. The molecule has 108 valence electrons. The highest BCUT2D eigenvalue weighted by Gasteiger charge is 2.16. The van der Waals surface area contributed by atoms with Gasteiger partial charge in [0.25, 0.3) is 0 Å². The minimum absolute atomic E-state index is 0.182. The summed E-state index contributed by atoms with van der Waals surface area (Å²) in [6, 6.07) is 0. The van der Waals surface area contributed by atoms with Gasteiger partial charge in [0.2, 0.25) is 0 Å². The standard InChI is InChI=1S/C12H30N6/c1-12(13)10-17-8-6-15-4-2-14-3-5-16-7-9-18-11-12/h14-18H,2-11,13H2,1H3. The Morgan fingerprint density at radius 3 is 1.22 bits per heavy atom. The maximum absolute atomic E-state index is 6.21. The second-order valence-corrected chi connectivity index (χ2v) is 5.26. The summed E-state index contributed by atoms with van der Waals surface area (Å²) in [5.74, 6) is 0. The van der Waals surface area contributed by atoms with Gasteiger partial charge in [0.15, 0.2) is 0 Å². The van der Waals surface area contributed by atoms with Crippen LogP contribution in [0.3, 0.4) is 0 Å². The van der Waals surface area contributed by atoms with Crippen molar-refractivity contribution in [2.24, 2.45) is 5.73 Å². The van der Waals surface area contributed by atoms with Gasteiger partial charge in [-0.15, -0.1) is 0 Å². The number of nitrogens with two attached hydrogens (primary N) is 1. The summed E-state index contributed by atoms with van der Waals surface area (Å²) in [5, 5.41) is 17.0. The molecule has 7 N–H and O–H groups in total. The van der Waals surface area contributed by atoms with E-state index in [1.54, 1.807) is 0 Å². The third-order valence-corrected chi connectivity index (χ3v) is 2.97. The van der Waals surface area contributed by atoms with E-state index in [2.05, 4.69) is 33.5 Å². The van der Waals surface area contributed by atoms with E-state index in [1.165, 1.54) is 0 Å². The summed E-state index contributed by atoms with van der Waals surface area (Å²) < 4.78 is 0. The van der Waals surface area contributed by atoms with Gasteiger partial charge >= 0.3 is 0 Å². The largest absolute Gasteiger partial charge is 0.323 e. The molecule has 0 aromatic heterocycles. The molecular weight excluding hydrogens is 228 g/mol. The van der Waals surface area contributed by atoms with Gasteiger partial charge in [0.1, 0.15) is 0 Å². The van der Waals surface area contributed by atoms with Crippen LogP contribution in [-0.4, -0.2) is 71.0 Å². The van der Waals surface area contributed by atoms with Crippen LogP contribution in [0.15, 0.2) is 0 Å². The van der Waals surface area contributed by atoms with E-state index >= 15 is 0 Å². The zero-order chi connectivity index (χ0) is 13.1. The van der Waals surface area contributed by atoms with Crippen molar-refractivity contribution in [1.29, 1.82) is 0 Å². The lowest BCUT2D eigenvalue weighted by atomic mass is 10.0. The number of hydrogen-bond donors (Lipinski definition) is 6. The molecule has 0 saturated carbocycles. The van der Waals surface area contributed by atoms with Crippen molar-refractivity contribution in [1.82, 2.24) is 26.6 Å². The maximum Gasteiger partial charge on any atom is 0.0378 e. The fourth-order valence-electron chi connectivity index (χ4n) is 1.89. The van der Waals surface area contributed by atoms with E-state index in [1.807, 2.05) is 0 Å². The number of rotatable bonds is 0. The van der Waals surface area contributed by atoms with Gasteiger partial charge in [-0.1, -0.05) is 0 Å². The molecule has 1 heterocycles. The molecule has 6 nitrogen and oxygen atoms in total. The SMILES string of the molecule is CC1(N)CNCCNCCNCCNCCNC1. The average molecular weight is 258 g/mol. The zero-order valence-electron chi connectivity index (χ0n) is 11.6. The van der Waals surface area contributed by atoms with Crippen LogP contribution in [0, 0.1) is 0 Å². The van der Waals surface area contributed by atoms with Crippen molar-refractivity contribution in [3.05, 3.63) is 0 Å². The molecule has 1 aliphatic rings. The molecule has 18 heavy (non-hydrogen) atoms. The van der Waals surface area contributed by atoms with Crippen LogP contribution in [0.1, 0.15) is 6.92 Å².